The smallest absolute Gasteiger partial charge is 0.272 e. The first-order valence-corrected chi connectivity index (χ1v) is 7.61. The molecule has 116 valence electrons. The highest BCUT2D eigenvalue weighted by Crippen LogP contribution is 2.29. The van der Waals surface area contributed by atoms with Gasteiger partial charge in [-0.3, -0.25) is 4.79 Å². The fourth-order valence-electron chi connectivity index (χ4n) is 2.48. The second kappa shape index (κ2) is 5.31. The molecule has 3 aromatic rings. The molecule has 0 atom stereocenters. The number of amides is 1. The van der Waals surface area contributed by atoms with Gasteiger partial charge in [-0.1, -0.05) is 11.6 Å². The molecular weight excluding hydrogens is 319 g/mol. The Hall–Kier alpha value is -2.47. The van der Waals surface area contributed by atoms with Crippen molar-refractivity contribution in [2.75, 3.05) is 0 Å². The molecule has 23 heavy (non-hydrogen) atoms. The van der Waals surface area contributed by atoms with E-state index in [2.05, 4.69) is 15.4 Å². The largest absolute Gasteiger partial charge is 0.348 e. The van der Waals surface area contributed by atoms with E-state index in [1.54, 1.807) is 24.4 Å². The van der Waals surface area contributed by atoms with Crippen LogP contribution in [0.3, 0.4) is 0 Å². The first-order chi connectivity index (χ1) is 11.1. The minimum absolute atomic E-state index is 0.198. The van der Waals surface area contributed by atoms with Crippen molar-refractivity contribution in [1.82, 2.24) is 19.9 Å². The van der Waals surface area contributed by atoms with Gasteiger partial charge in [-0.05, 0) is 43.2 Å². The number of hydrogen-bond acceptors (Lipinski definition) is 3. The fraction of sp³-hybridized carbons (Fsp3) is 0.188. The van der Waals surface area contributed by atoms with E-state index in [1.807, 2.05) is 0 Å². The average molecular weight is 331 g/mol. The van der Waals surface area contributed by atoms with Gasteiger partial charge in [0.2, 0.25) is 0 Å². The Kier molecular flexibility index (Phi) is 3.27. The Labute approximate surface area is 136 Å². The zero-order chi connectivity index (χ0) is 16.0. The van der Waals surface area contributed by atoms with Gasteiger partial charge < -0.3 is 5.32 Å². The van der Waals surface area contributed by atoms with Crippen molar-refractivity contribution in [1.29, 1.82) is 0 Å². The summed E-state index contributed by atoms with van der Waals surface area (Å²) in [5.41, 5.74) is 1.63. The van der Waals surface area contributed by atoms with Crippen molar-refractivity contribution in [3.8, 4) is 11.3 Å². The SMILES string of the molecule is O=C(NC1CC1)c1nc2cccnn2c1-c1cc(F)cc(Cl)c1. The highest BCUT2D eigenvalue weighted by atomic mass is 35.5. The lowest BCUT2D eigenvalue weighted by atomic mass is 10.1. The lowest BCUT2D eigenvalue weighted by Gasteiger charge is -2.06. The van der Waals surface area contributed by atoms with Gasteiger partial charge in [-0.2, -0.15) is 5.10 Å². The standard InChI is InChI=1S/C16H12ClFN4O/c17-10-6-9(7-11(18)8-10)15-14(16(23)20-12-3-4-12)21-13-2-1-5-19-22(13)15/h1-2,5-8,12H,3-4H2,(H,20,23). The van der Waals surface area contributed by atoms with Crippen molar-refractivity contribution in [2.24, 2.45) is 0 Å². The van der Waals surface area contributed by atoms with Crippen LogP contribution in [0.15, 0.2) is 36.5 Å². The van der Waals surface area contributed by atoms with Gasteiger partial charge in [0.15, 0.2) is 11.3 Å². The van der Waals surface area contributed by atoms with Crippen LogP contribution in [0.1, 0.15) is 23.3 Å². The lowest BCUT2D eigenvalue weighted by molar-refractivity contribution is 0.0947. The van der Waals surface area contributed by atoms with Gasteiger partial charge in [0.1, 0.15) is 11.5 Å². The summed E-state index contributed by atoms with van der Waals surface area (Å²) in [5, 5.41) is 7.37. The Morgan fingerprint density at radius 3 is 2.91 bits per heavy atom. The average Bonchev–Trinajstić information content (AvgIpc) is 3.23. The third kappa shape index (κ3) is 2.66. The predicted molar refractivity (Wildman–Crippen MR) is 83.9 cm³/mol. The predicted octanol–water partition coefficient (Wildman–Crippen LogP) is 3.08. The number of rotatable bonds is 3. The molecule has 1 aliphatic carbocycles. The van der Waals surface area contributed by atoms with Crippen LogP contribution in [0.25, 0.3) is 16.9 Å². The number of fused-ring (bicyclic) bond motifs is 1. The fourth-order valence-corrected chi connectivity index (χ4v) is 2.70. The quantitative estimate of drug-likeness (QED) is 0.803. The maximum atomic E-state index is 13.7. The van der Waals surface area contributed by atoms with Gasteiger partial charge in [-0.25, -0.2) is 13.9 Å². The normalized spacial score (nSPS) is 14.2. The summed E-state index contributed by atoms with van der Waals surface area (Å²) in [6.07, 6.45) is 3.53. The molecular formula is C16H12ClFN4O. The molecule has 0 spiro atoms. The van der Waals surface area contributed by atoms with E-state index in [4.69, 9.17) is 11.6 Å². The number of aromatic nitrogens is 3. The van der Waals surface area contributed by atoms with E-state index in [0.717, 1.165) is 12.8 Å². The first kappa shape index (κ1) is 14.1. The highest BCUT2D eigenvalue weighted by Gasteiger charge is 2.28. The zero-order valence-electron chi connectivity index (χ0n) is 12.0. The highest BCUT2D eigenvalue weighted by molar-refractivity contribution is 6.30. The van der Waals surface area contributed by atoms with Crippen molar-refractivity contribution >= 4 is 23.2 Å². The molecule has 4 rings (SSSR count). The van der Waals surface area contributed by atoms with E-state index in [0.29, 0.717) is 16.9 Å². The van der Waals surface area contributed by atoms with E-state index in [9.17, 15) is 9.18 Å². The van der Waals surface area contributed by atoms with Crippen LogP contribution in [0.2, 0.25) is 5.02 Å². The Morgan fingerprint density at radius 1 is 1.35 bits per heavy atom. The molecule has 1 saturated carbocycles. The molecule has 1 aliphatic rings. The molecule has 1 aromatic carbocycles. The topological polar surface area (TPSA) is 59.3 Å². The van der Waals surface area contributed by atoms with Crippen molar-refractivity contribution in [3.05, 3.63) is 53.1 Å². The van der Waals surface area contributed by atoms with Gasteiger partial charge in [-0.15, -0.1) is 0 Å². The Morgan fingerprint density at radius 2 is 2.17 bits per heavy atom. The Balaban J connectivity index is 1.93. The number of nitrogens with one attached hydrogen (secondary N) is 1. The van der Waals surface area contributed by atoms with E-state index in [1.165, 1.54) is 16.6 Å². The van der Waals surface area contributed by atoms with Crippen molar-refractivity contribution in [2.45, 2.75) is 18.9 Å². The number of carbonyl (C=O) groups excluding carboxylic acids is 1. The van der Waals surface area contributed by atoms with Crippen LogP contribution in [0.5, 0.6) is 0 Å². The summed E-state index contributed by atoms with van der Waals surface area (Å²) >= 11 is 5.95. The minimum atomic E-state index is -0.480. The van der Waals surface area contributed by atoms with Crippen molar-refractivity contribution in [3.63, 3.8) is 0 Å². The molecule has 2 aromatic heterocycles. The van der Waals surface area contributed by atoms with Gasteiger partial charge in [0.05, 0.1) is 0 Å². The number of halogens is 2. The van der Waals surface area contributed by atoms with Crippen LogP contribution in [-0.2, 0) is 0 Å². The molecule has 0 aliphatic heterocycles. The number of hydrogen-bond donors (Lipinski definition) is 1. The zero-order valence-corrected chi connectivity index (χ0v) is 12.7. The molecule has 1 fully saturated rings. The van der Waals surface area contributed by atoms with Crippen LogP contribution in [0.4, 0.5) is 4.39 Å². The molecule has 0 unspecified atom stereocenters. The summed E-state index contributed by atoms with van der Waals surface area (Å²) in [5.74, 6) is -0.764. The molecule has 7 heteroatoms. The van der Waals surface area contributed by atoms with Crippen molar-refractivity contribution < 1.29 is 9.18 Å². The van der Waals surface area contributed by atoms with Crippen LogP contribution < -0.4 is 5.32 Å². The number of nitrogens with zero attached hydrogens (tertiary/aromatic N) is 3. The summed E-state index contributed by atoms with van der Waals surface area (Å²) in [4.78, 5) is 16.8. The molecule has 0 bridgehead atoms. The third-order valence-corrected chi connectivity index (χ3v) is 3.87. The maximum absolute atomic E-state index is 13.7. The van der Waals surface area contributed by atoms with E-state index in [-0.39, 0.29) is 22.7 Å². The van der Waals surface area contributed by atoms with E-state index >= 15 is 0 Å². The Bertz CT molecular complexity index is 899. The summed E-state index contributed by atoms with van der Waals surface area (Å²) in [6, 6.07) is 7.79. The van der Waals surface area contributed by atoms with Crippen LogP contribution in [-0.4, -0.2) is 26.5 Å². The first-order valence-electron chi connectivity index (χ1n) is 7.23. The summed E-state index contributed by atoms with van der Waals surface area (Å²) < 4.78 is 15.3. The molecule has 1 amide bonds. The van der Waals surface area contributed by atoms with Crippen LogP contribution >= 0.6 is 11.6 Å². The lowest BCUT2D eigenvalue weighted by Crippen LogP contribution is -2.26. The number of imidazole rings is 1. The maximum Gasteiger partial charge on any atom is 0.272 e. The molecule has 0 radical (unpaired) electrons. The van der Waals surface area contributed by atoms with Gasteiger partial charge >= 0.3 is 0 Å². The molecule has 0 saturated heterocycles. The number of benzene rings is 1. The summed E-state index contributed by atoms with van der Waals surface area (Å²) in [6.45, 7) is 0. The second-order valence-electron chi connectivity index (χ2n) is 5.51. The minimum Gasteiger partial charge on any atom is -0.348 e. The monoisotopic (exact) mass is 330 g/mol. The van der Waals surface area contributed by atoms with Crippen LogP contribution in [0, 0.1) is 5.82 Å². The molecule has 5 nitrogen and oxygen atoms in total. The van der Waals surface area contributed by atoms with E-state index < -0.39 is 5.82 Å². The van der Waals surface area contributed by atoms with Gasteiger partial charge in [0, 0.05) is 22.8 Å². The third-order valence-electron chi connectivity index (χ3n) is 3.66. The second-order valence-corrected chi connectivity index (χ2v) is 5.94. The molecule has 2 heterocycles. The summed E-state index contributed by atoms with van der Waals surface area (Å²) in [7, 11) is 0. The van der Waals surface area contributed by atoms with Gasteiger partial charge in [0.25, 0.3) is 5.91 Å². The number of carbonyl (C=O) groups is 1. The molecule has 1 N–H and O–H groups in total.